The second-order valence-corrected chi connectivity index (χ2v) is 6.80. The molecule has 0 fully saturated rings. The molecule has 0 spiro atoms. The van der Waals surface area contributed by atoms with Gasteiger partial charge < -0.3 is 15.9 Å². The van der Waals surface area contributed by atoms with Crippen molar-refractivity contribution in [1.82, 2.24) is 0 Å². The van der Waals surface area contributed by atoms with Crippen molar-refractivity contribution in [3.63, 3.8) is 0 Å². The van der Waals surface area contributed by atoms with Gasteiger partial charge in [-0.2, -0.15) is 0 Å². The van der Waals surface area contributed by atoms with Crippen LogP contribution >= 0.6 is 0 Å². The Labute approximate surface area is 144 Å². The standard InChI is InChI=1S/C20H41NO2/c1-2-3-4-5-6-7-8-9-10-11-12-13-14-15-16-17-20(23)19(21)18-22/h16-17,19-20,22-23H,2-15,18,21H2,1H3/b17-16+/t19-,20+/m1/s1. The fourth-order valence-electron chi connectivity index (χ4n) is 2.77. The van der Waals surface area contributed by atoms with Crippen molar-refractivity contribution in [3.05, 3.63) is 12.2 Å². The lowest BCUT2D eigenvalue weighted by atomic mass is 10.0. The Morgan fingerprint density at radius 2 is 1.22 bits per heavy atom. The van der Waals surface area contributed by atoms with Crippen LogP contribution in [0, 0.1) is 0 Å². The molecule has 0 aliphatic rings. The number of aliphatic hydroxyl groups excluding tert-OH is 2. The summed E-state index contributed by atoms with van der Waals surface area (Å²) in [5, 5.41) is 18.4. The zero-order valence-electron chi connectivity index (χ0n) is 15.4. The van der Waals surface area contributed by atoms with Gasteiger partial charge >= 0.3 is 0 Å². The van der Waals surface area contributed by atoms with Crippen LogP contribution in [0.5, 0.6) is 0 Å². The molecule has 0 aromatic heterocycles. The van der Waals surface area contributed by atoms with E-state index in [0.717, 1.165) is 6.42 Å². The van der Waals surface area contributed by atoms with Gasteiger partial charge in [0, 0.05) is 0 Å². The highest BCUT2D eigenvalue weighted by Gasteiger charge is 2.08. The van der Waals surface area contributed by atoms with Crippen LogP contribution in [-0.2, 0) is 0 Å². The molecule has 0 aromatic rings. The number of rotatable bonds is 17. The summed E-state index contributed by atoms with van der Waals surface area (Å²) in [4.78, 5) is 0. The highest BCUT2D eigenvalue weighted by atomic mass is 16.3. The van der Waals surface area contributed by atoms with Crippen molar-refractivity contribution >= 4 is 0 Å². The molecular weight excluding hydrogens is 286 g/mol. The van der Waals surface area contributed by atoms with E-state index in [0.29, 0.717) is 0 Å². The van der Waals surface area contributed by atoms with Gasteiger partial charge in [0.2, 0.25) is 0 Å². The summed E-state index contributed by atoms with van der Waals surface area (Å²) in [6.45, 7) is 2.09. The predicted molar refractivity (Wildman–Crippen MR) is 101 cm³/mol. The lowest BCUT2D eigenvalue weighted by molar-refractivity contribution is 0.144. The summed E-state index contributed by atoms with van der Waals surface area (Å²) in [5.41, 5.74) is 5.53. The quantitative estimate of drug-likeness (QED) is 0.268. The van der Waals surface area contributed by atoms with Crippen LogP contribution in [-0.4, -0.2) is 29.0 Å². The van der Waals surface area contributed by atoms with Crippen LogP contribution in [0.4, 0.5) is 0 Å². The Bertz CT molecular complexity index is 256. The van der Waals surface area contributed by atoms with E-state index in [2.05, 4.69) is 6.92 Å². The molecule has 4 N–H and O–H groups in total. The van der Waals surface area contributed by atoms with Crippen LogP contribution in [0.3, 0.4) is 0 Å². The van der Waals surface area contributed by atoms with Crippen molar-refractivity contribution in [2.45, 2.75) is 109 Å². The molecule has 2 atom stereocenters. The molecule has 23 heavy (non-hydrogen) atoms. The third kappa shape index (κ3) is 16.3. The highest BCUT2D eigenvalue weighted by molar-refractivity contribution is 4.93. The summed E-state index contributed by atoms with van der Waals surface area (Å²) in [6.07, 6.45) is 21.7. The lowest BCUT2D eigenvalue weighted by Crippen LogP contribution is -2.36. The van der Waals surface area contributed by atoms with E-state index < -0.39 is 12.1 Å². The number of hydrogen-bond donors (Lipinski definition) is 3. The molecule has 138 valence electrons. The van der Waals surface area contributed by atoms with Crippen LogP contribution in [0.25, 0.3) is 0 Å². The molecule has 3 heteroatoms. The molecule has 0 unspecified atom stereocenters. The Kier molecular flexibility index (Phi) is 17.7. The lowest BCUT2D eigenvalue weighted by Gasteiger charge is -2.11. The third-order valence-electron chi connectivity index (χ3n) is 4.46. The first-order chi connectivity index (χ1) is 11.2. The average Bonchev–Trinajstić information content (AvgIpc) is 2.57. The summed E-state index contributed by atoms with van der Waals surface area (Å²) in [5.74, 6) is 0. The zero-order valence-corrected chi connectivity index (χ0v) is 15.4. The van der Waals surface area contributed by atoms with Gasteiger partial charge in [-0.25, -0.2) is 0 Å². The van der Waals surface area contributed by atoms with Gasteiger partial charge in [-0.1, -0.05) is 96.1 Å². The number of aliphatic hydroxyl groups is 2. The van der Waals surface area contributed by atoms with Crippen LogP contribution in [0.1, 0.15) is 96.8 Å². The topological polar surface area (TPSA) is 66.5 Å². The minimum Gasteiger partial charge on any atom is -0.395 e. The first-order valence-corrected chi connectivity index (χ1v) is 9.93. The second-order valence-electron chi connectivity index (χ2n) is 6.80. The fraction of sp³-hybridized carbons (Fsp3) is 0.900. The largest absolute Gasteiger partial charge is 0.395 e. The Balaban J connectivity index is 3.17. The Morgan fingerprint density at radius 3 is 1.65 bits per heavy atom. The normalized spacial score (nSPS) is 14.4. The van der Waals surface area contributed by atoms with Crippen molar-refractivity contribution in [1.29, 1.82) is 0 Å². The number of hydrogen-bond acceptors (Lipinski definition) is 3. The van der Waals surface area contributed by atoms with E-state index in [9.17, 15) is 5.11 Å². The van der Waals surface area contributed by atoms with E-state index in [4.69, 9.17) is 10.8 Å². The average molecular weight is 328 g/mol. The SMILES string of the molecule is CCCCCCCCCCCCCCC/C=C/[C@H](O)[C@H](N)CO. The first kappa shape index (κ1) is 22.6. The molecule has 0 aromatic carbocycles. The molecule has 0 saturated heterocycles. The molecule has 0 amide bonds. The van der Waals surface area contributed by atoms with Gasteiger partial charge in [0.1, 0.15) is 0 Å². The smallest absolute Gasteiger partial charge is 0.0894 e. The van der Waals surface area contributed by atoms with Gasteiger partial charge in [0.25, 0.3) is 0 Å². The minimum atomic E-state index is -0.720. The van der Waals surface area contributed by atoms with Gasteiger partial charge in [-0.05, 0) is 12.8 Å². The summed E-state index contributed by atoms with van der Waals surface area (Å²) >= 11 is 0. The first-order valence-electron chi connectivity index (χ1n) is 9.93. The van der Waals surface area contributed by atoms with Gasteiger partial charge in [-0.3, -0.25) is 0 Å². The molecule has 3 nitrogen and oxygen atoms in total. The van der Waals surface area contributed by atoms with Gasteiger partial charge in [-0.15, -0.1) is 0 Å². The Morgan fingerprint density at radius 1 is 0.783 bits per heavy atom. The summed E-state index contributed by atoms with van der Waals surface area (Å²) in [6, 6.07) is -0.558. The molecule has 0 aliphatic heterocycles. The van der Waals surface area contributed by atoms with E-state index >= 15 is 0 Å². The summed E-state index contributed by atoms with van der Waals surface area (Å²) < 4.78 is 0. The van der Waals surface area contributed by atoms with E-state index in [1.165, 1.54) is 83.5 Å². The van der Waals surface area contributed by atoms with Gasteiger partial charge in [0.15, 0.2) is 0 Å². The molecular formula is C20H41NO2. The molecule has 0 aliphatic carbocycles. The van der Waals surface area contributed by atoms with E-state index in [1.807, 2.05) is 6.08 Å². The van der Waals surface area contributed by atoms with Crippen LogP contribution in [0.2, 0.25) is 0 Å². The van der Waals surface area contributed by atoms with Crippen molar-refractivity contribution in [2.24, 2.45) is 5.73 Å². The predicted octanol–water partition coefficient (Wildman–Crippen LogP) is 4.70. The maximum Gasteiger partial charge on any atom is 0.0894 e. The minimum absolute atomic E-state index is 0.176. The maximum absolute atomic E-state index is 9.55. The molecule has 0 rings (SSSR count). The molecule has 0 radical (unpaired) electrons. The zero-order chi connectivity index (χ0) is 17.2. The van der Waals surface area contributed by atoms with Crippen LogP contribution < -0.4 is 5.73 Å². The number of nitrogens with two attached hydrogens (primary N) is 1. The second kappa shape index (κ2) is 18.0. The Hall–Kier alpha value is -0.380. The van der Waals surface area contributed by atoms with Crippen molar-refractivity contribution in [3.8, 4) is 0 Å². The van der Waals surface area contributed by atoms with Gasteiger partial charge in [0.05, 0.1) is 18.8 Å². The monoisotopic (exact) mass is 327 g/mol. The summed E-state index contributed by atoms with van der Waals surface area (Å²) in [7, 11) is 0. The molecule has 0 saturated carbocycles. The third-order valence-corrected chi connectivity index (χ3v) is 4.46. The number of unbranched alkanes of at least 4 members (excludes halogenated alkanes) is 13. The van der Waals surface area contributed by atoms with Crippen molar-refractivity contribution < 1.29 is 10.2 Å². The number of allylic oxidation sites excluding steroid dienone is 1. The van der Waals surface area contributed by atoms with E-state index in [1.54, 1.807) is 6.08 Å². The highest BCUT2D eigenvalue weighted by Crippen LogP contribution is 2.13. The fourth-order valence-corrected chi connectivity index (χ4v) is 2.77. The molecule has 0 bridgehead atoms. The maximum atomic E-state index is 9.55. The molecule has 0 heterocycles. The van der Waals surface area contributed by atoms with Crippen LogP contribution in [0.15, 0.2) is 12.2 Å². The van der Waals surface area contributed by atoms with E-state index in [-0.39, 0.29) is 6.61 Å². The van der Waals surface area contributed by atoms with Crippen molar-refractivity contribution in [2.75, 3.05) is 6.61 Å².